The number of rotatable bonds is 7. The van der Waals surface area contributed by atoms with Gasteiger partial charge in [-0.1, -0.05) is 12.1 Å². The third-order valence-electron chi connectivity index (χ3n) is 5.71. The molecule has 9 nitrogen and oxygen atoms in total. The molecule has 1 aliphatic rings. The second-order valence-electron chi connectivity index (χ2n) is 8.33. The van der Waals surface area contributed by atoms with E-state index in [1.807, 2.05) is 0 Å². The second kappa shape index (κ2) is 8.57. The zero-order valence-corrected chi connectivity index (χ0v) is 19.2. The van der Waals surface area contributed by atoms with Crippen LogP contribution in [-0.4, -0.2) is 28.9 Å². The molecular weight excluding hydrogens is 469 g/mol. The summed E-state index contributed by atoms with van der Waals surface area (Å²) < 4.78 is 36.2. The lowest BCUT2D eigenvalue weighted by Crippen LogP contribution is -2.20. The Morgan fingerprint density at radius 3 is 2.34 bits per heavy atom. The van der Waals surface area contributed by atoms with Crippen LogP contribution in [0.15, 0.2) is 65.6 Å². The number of anilines is 2. The molecule has 2 aromatic carbocycles. The van der Waals surface area contributed by atoms with Crippen molar-refractivity contribution in [2.75, 3.05) is 10.6 Å². The molecule has 11 heteroatoms. The molecule has 1 saturated carbocycles. The number of primary sulfonamides is 1. The number of aromatic nitrogens is 3. The lowest BCUT2D eigenvalue weighted by Gasteiger charge is -2.15. The maximum Gasteiger partial charge on any atom is 0.238 e. The molecule has 0 spiro atoms. The van der Waals surface area contributed by atoms with E-state index in [0.717, 1.165) is 11.1 Å². The Morgan fingerprint density at radius 1 is 1.00 bits per heavy atom. The van der Waals surface area contributed by atoms with Crippen LogP contribution in [0.25, 0.3) is 22.3 Å². The van der Waals surface area contributed by atoms with Gasteiger partial charge in [0.15, 0.2) is 5.82 Å². The molecule has 4 aromatic rings. The number of nitrogens with zero attached hydrogens (tertiary/aromatic N) is 4. The van der Waals surface area contributed by atoms with E-state index in [9.17, 15) is 18.1 Å². The van der Waals surface area contributed by atoms with Crippen molar-refractivity contribution in [3.05, 3.63) is 72.0 Å². The summed E-state index contributed by atoms with van der Waals surface area (Å²) in [6, 6.07) is 18.1. The minimum Gasteiger partial charge on any atom is -0.350 e. The molecule has 176 valence electrons. The first-order valence-corrected chi connectivity index (χ1v) is 12.3. The monoisotopic (exact) mass is 489 g/mol. The average molecular weight is 490 g/mol. The van der Waals surface area contributed by atoms with Crippen LogP contribution in [0.3, 0.4) is 0 Å². The molecule has 5 rings (SSSR count). The van der Waals surface area contributed by atoms with Gasteiger partial charge < -0.3 is 10.6 Å². The van der Waals surface area contributed by atoms with Crippen LogP contribution >= 0.6 is 0 Å². The molecule has 0 atom stereocenters. The van der Waals surface area contributed by atoms with Gasteiger partial charge in [0.1, 0.15) is 16.9 Å². The molecule has 0 amide bonds. The molecule has 4 N–H and O–H groups in total. The lowest BCUT2D eigenvalue weighted by molar-refractivity contribution is 0.597. The zero-order chi connectivity index (χ0) is 24.6. The fraction of sp³-hybridized carbons (Fsp3) is 0.167. The van der Waals surface area contributed by atoms with E-state index in [1.54, 1.807) is 36.4 Å². The van der Waals surface area contributed by atoms with Gasteiger partial charge in [-0.05, 0) is 66.9 Å². The molecule has 0 radical (unpaired) electrons. The van der Waals surface area contributed by atoms with Gasteiger partial charge in [-0.25, -0.2) is 27.9 Å². The van der Waals surface area contributed by atoms with Crippen molar-refractivity contribution < 1.29 is 12.8 Å². The van der Waals surface area contributed by atoms with Gasteiger partial charge in [0.05, 0.1) is 22.2 Å². The Balaban J connectivity index is 1.47. The largest absolute Gasteiger partial charge is 0.350 e. The maximum atomic E-state index is 13.3. The first kappa shape index (κ1) is 22.6. The number of pyridine rings is 1. The van der Waals surface area contributed by atoms with Crippen LogP contribution in [-0.2, 0) is 16.6 Å². The van der Waals surface area contributed by atoms with Gasteiger partial charge in [0.2, 0.25) is 16.0 Å². The van der Waals surface area contributed by atoms with Crippen LogP contribution < -0.4 is 15.8 Å². The van der Waals surface area contributed by atoms with E-state index >= 15 is 0 Å². The number of benzene rings is 2. The van der Waals surface area contributed by atoms with Crippen molar-refractivity contribution in [3.63, 3.8) is 0 Å². The topological polar surface area (TPSA) is 147 Å². The number of hydrogen-bond acceptors (Lipinski definition) is 8. The molecular formula is C24H20FN7O2S. The molecule has 0 saturated heterocycles. The van der Waals surface area contributed by atoms with E-state index in [4.69, 9.17) is 10.1 Å². The van der Waals surface area contributed by atoms with Gasteiger partial charge in [-0.15, -0.1) is 0 Å². The Bertz CT molecular complexity index is 1560. The maximum absolute atomic E-state index is 13.3. The van der Waals surface area contributed by atoms with Gasteiger partial charge in [-0.2, -0.15) is 10.2 Å². The summed E-state index contributed by atoms with van der Waals surface area (Å²) >= 11 is 0. The molecule has 1 fully saturated rings. The molecule has 2 heterocycles. The average Bonchev–Trinajstić information content (AvgIpc) is 3.63. The van der Waals surface area contributed by atoms with Crippen LogP contribution in [0, 0.1) is 17.1 Å². The molecule has 35 heavy (non-hydrogen) atoms. The van der Waals surface area contributed by atoms with E-state index in [0.29, 0.717) is 47.9 Å². The van der Waals surface area contributed by atoms with E-state index in [2.05, 4.69) is 26.7 Å². The number of hydrogen-bond donors (Lipinski definition) is 3. The van der Waals surface area contributed by atoms with Gasteiger partial charge in [0.25, 0.3) is 0 Å². The summed E-state index contributed by atoms with van der Waals surface area (Å²) in [6.07, 6.45) is 1.40. The Labute approximate surface area is 200 Å². The minimum absolute atomic E-state index is 0.0314. The van der Waals surface area contributed by atoms with Gasteiger partial charge >= 0.3 is 0 Å². The highest BCUT2D eigenvalue weighted by atomic mass is 32.2. The summed E-state index contributed by atoms with van der Waals surface area (Å²) in [5, 5.41) is 21.1. The Morgan fingerprint density at radius 2 is 1.71 bits per heavy atom. The lowest BCUT2D eigenvalue weighted by atomic mass is 10.1. The first-order chi connectivity index (χ1) is 16.7. The van der Waals surface area contributed by atoms with Gasteiger partial charge in [-0.3, -0.25) is 0 Å². The van der Waals surface area contributed by atoms with Crippen LogP contribution in [0.2, 0.25) is 0 Å². The first-order valence-electron chi connectivity index (χ1n) is 10.7. The number of nitrogens with two attached hydrogens (primary N) is 1. The number of nitrogens with one attached hydrogen (secondary N) is 2. The summed E-state index contributed by atoms with van der Waals surface area (Å²) in [7, 11) is -3.76. The third-order valence-corrected chi connectivity index (χ3v) is 6.64. The van der Waals surface area contributed by atoms with Crippen molar-refractivity contribution in [2.24, 2.45) is 5.14 Å². The normalized spacial score (nSPS) is 14.3. The molecule has 2 aromatic heterocycles. The number of sulfonamides is 1. The minimum atomic E-state index is -3.76. The molecule has 0 aliphatic heterocycles. The van der Waals surface area contributed by atoms with E-state index in [-0.39, 0.29) is 10.7 Å². The fourth-order valence-electron chi connectivity index (χ4n) is 3.56. The van der Waals surface area contributed by atoms with Gasteiger partial charge in [0, 0.05) is 12.1 Å². The highest BCUT2D eigenvalue weighted by Gasteiger charge is 2.44. The SMILES string of the molecule is N#CC1(Nc2nc(NCc3ccc(S(N)(=O)=O)cc3)nc3ccc(-c4ccc(F)cc4)nc23)CC1. The number of fused-ring (bicyclic) bond motifs is 1. The van der Waals surface area contributed by atoms with Crippen molar-refractivity contribution in [1.29, 1.82) is 5.26 Å². The molecule has 0 bridgehead atoms. The molecule has 0 unspecified atom stereocenters. The standard InChI is InChI=1S/C24H20FN7O2S/c25-17-5-3-16(4-6-17)19-9-10-20-21(29-19)22(32-24(14-26)11-12-24)31-23(30-20)28-13-15-1-7-18(8-2-15)35(27,33)34/h1-10H,11-13H2,(H2,27,33,34)(H2,28,30,31,32). The van der Waals surface area contributed by atoms with E-state index < -0.39 is 15.6 Å². The summed E-state index contributed by atoms with van der Waals surface area (Å²) in [6.45, 7) is 0.334. The third kappa shape index (κ3) is 4.89. The van der Waals surface area contributed by atoms with Crippen molar-refractivity contribution in [2.45, 2.75) is 29.8 Å². The summed E-state index contributed by atoms with van der Waals surface area (Å²) in [4.78, 5) is 13.9. The van der Waals surface area contributed by atoms with Crippen LogP contribution in [0.4, 0.5) is 16.2 Å². The highest BCUT2D eigenvalue weighted by Crippen LogP contribution is 2.39. The number of halogens is 1. The zero-order valence-electron chi connectivity index (χ0n) is 18.4. The predicted octanol–water partition coefficient (Wildman–Crippen LogP) is 3.56. The van der Waals surface area contributed by atoms with Crippen molar-refractivity contribution >= 4 is 32.8 Å². The predicted molar refractivity (Wildman–Crippen MR) is 129 cm³/mol. The summed E-state index contributed by atoms with van der Waals surface area (Å²) in [5.74, 6) is 0.408. The highest BCUT2D eigenvalue weighted by molar-refractivity contribution is 7.89. The fourth-order valence-corrected chi connectivity index (χ4v) is 4.07. The second-order valence-corrected chi connectivity index (χ2v) is 9.89. The quantitative estimate of drug-likeness (QED) is 0.357. The van der Waals surface area contributed by atoms with Crippen LogP contribution in [0.5, 0.6) is 0 Å². The Kier molecular flexibility index (Phi) is 5.55. The van der Waals surface area contributed by atoms with Crippen molar-refractivity contribution in [1.82, 2.24) is 15.0 Å². The summed E-state index contributed by atoms with van der Waals surface area (Å²) in [5.41, 5.74) is 2.55. The van der Waals surface area contributed by atoms with Crippen LogP contribution in [0.1, 0.15) is 18.4 Å². The van der Waals surface area contributed by atoms with E-state index in [1.165, 1.54) is 24.3 Å². The van der Waals surface area contributed by atoms with Crippen molar-refractivity contribution in [3.8, 4) is 17.3 Å². The molecule has 1 aliphatic carbocycles. The number of nitriles is 1. The Hall–Kier alpha value is -4.14. The smallest absolute Gasteiger partial charge is 0.238 e.